The number of likely N-dealkylation sites (tertiary alicyclic amines) is 1. The van der Waals surface area contributed by atoms with Gasteiger partial charge >= 0.3 is 0 Å². The number of ether oxygens (including phenoxy) is 2. The molecule has 3 rings (SSSR count). The Balaban J connectivity index is 1.91. The van der Waals surface area contributed by atoms with Crippen LogP contribution in [0, 0.1) is 11.3 Å². The SMILES string of the molecule is N#CC(c1cc(Cl)c2c(c1)OCCO2)N1CCCCC1. The van der Waals surface area contributed by atoms with Crippen molar-refractivity contribution in [1.82, 2.24) is 4.90 Å². The molecule has 1 atom stereocenters. The molecule has 0 radical (unpaired) electrons. The standard InChI is InChI=1S/C15H17ClN2O2/c16-12-8-11(9-14-15(12)20-7-6-19-14)13(10-17)18-4-2-1-3-5-18/h8-9,13H,1-7H2. The average molecular weight is 293 g/mol. The van der Waals surface area contributed by atoms with Gasteiger partial charge in [0.1, 0.15) is 19.3 Å². The highest BCUT2D eigenvalue weighted by molar-refractivity contribution is 6.32. The number of piperidine rings is 1. The zero-order valence-electron chi connectivity index (χ0n) is 11.3. The average Bonchev–Trinajstić information content (AvgIpc) is 2.49. The van der Waals surface area contributed by atoms with Crippen molar-refractivity contribution >= 4 is 11.6 Å². The van der Waals surface area contributed by atoms with E-state index in [1.54, 1.807) is 0 Å². The number of fused-ring (bicyclic) bond motifs is 1. The van der Waals surface area contributed by atoms with Gasteiger partial charge in [0.25, 0.3) is 0 Å². The molecule has 1 aromatic rings. The Hall–Kier alpha value is -1.44. The summed E-state index contributed by atoms with van der Waals surface area (Å²) in [5.74, 6) is 1.24. The molecule has 1 aromatic carbocycles. The summed E-state index contributed by atoms with van der Waals surface area (Å²) >= 11 is 6.25. The molecule has 1 saturated heterocycles. The molecule has 106 valence electrons. The number of nitrogens with zero attached hydrogens (tertiary/aromatic N) is 2. The summed E-state index contributed by atoms with van der Waals surface area (Å²) in [7, 11) is 0. The van der Waals surface area contributed by atoms with E-state index in [1.165, 1.54) is 6.42 Å². The summed E-state index contributed by atoms with van der Waals surface area (Å²) in [6.45, 7) is 2.96. The van der Waals surface area contributed by atoms with E-state index in [-0.39, 0.29) is 6.04 Å². The fourth-order valence-electron chi connectivity index (χ4n) is 2.83. The number of halogens is 1. The second-order valence-electron chi connectivity index (χ2n) is 5.16. The lowest BCUT2D eigenvalue weighted by Crippen LogP contribution is -2.33. The highest BCUT2D eigenvalue weighted by Gasteiger charge is 2.25. The van der Waals surface area contributed by atoms with Crippen LogP contribution in [0.2, 0.25) is 5.02 Å². The van der Waals surface area contributed by atoms with Gasteiger partial charge in [0.05, 0.1) is 11.1 Å². The molecule has 0 amide bonds. The summed E-state index contributed by atoms with van der Waals surface area (Å²) < 4.78 is 11.1. The summed E-state index contributed by atoms with van der Waals surface area (Å²) in [4.78, 5) is 2.21. The molecule has 0 bridgehead atoms. The molecule has 2 aliphatic heterocycles. The van der Waals surface area contributed by atoms with Gasteiger partial charge in [0, 0.05) is 0 Å². The van der Waals surface area contributed by atoms with E-state index < -0.39 is 0 Å². The van der Waals surface area contributed by atoms with Crippen molar-refractivity contribution in [3.8, 4) is 17.6 Å². The molecule has 0 N–H and O–H groups in total. The van der Waals surface area contributed by atoms with Gasteiger partial charge in [-0.15, -0.1) is 0 Å². The summed E-state index contributed by atoms with van der Waals surface area (Å²) in [6.07, 6.45) is 3.55. The first-order valence-electron chi connectivity index (χ1n) is 7.02. The second-order valence-corrected chi connectivity index (χ2v) is 5.56. The Labute approximate surface area is 123 Å². The van der Waals surface area contributed by atoms with Crippen molar-refractivity contribution < 1.29 is 9.47 Å². The smallest absolute Gasteiger partial charge is 0.179 e. The molecule has 0 spiro atoms. The Bertz CT molecular complexity index is 535. The minimum Gasteiger partial charge on any atom is -0.486 e. The van der Waals surface area contributed by atoms with Gasteiger partial charge in [0.15, 0.2) is 11.5 Å². The third-order valence-corrected chi connectivity index (χ3v) is 4.09. The van der Waals surface area contributed by atoms with Gasteiger partial charge in [0.2, 0.25) is 0 Å². The van der Waals surface area contributed by atoms with Crippen LogP contribution < -0.4 is 9.47 Å². The van der Waals surface area contributed by atoms with E-state index in [0.29, 0.717) is 29.7 Å². The fourth-order valence-corrected chi connectivity index (χ4v) is 3.11. The molecular weight excluding hydrogens is 276 g/mol. The van der Waals surface area contributed by atoms with Gasteiger partial charge in [-0.2, -0.15) is 5.26 Å². The van der Waals surface area contributed by atoms with Crippen LogP contribution in [-0.4, -0.2) is 31.2 Å². The van der Waals surface area contributed by atoms with Crippen LogP contribution in [0.3, 0.4) is 0 Å². The van der Waals surface area contributed by atoms with E-state index in [2.05, 4.69) is 11.0 Å². The minimum absolute atomic E-state index is 0.261. The van der Waals surface area contributed by atoms with E-state index in [4.69, 9.17) is 21.1 Å². The zero-order valence-corrected chi connectivity index (χ0v) is 12.0. The molecule has 0 aliphatic carbocycles. The van der Waals surface area contributed by atoms with Crippen molar-refractivity contribution in [1.29, 1.82) is 5.26 Å². The summed E-state index contributed by atoms with van der Waals surface area (Å²) in [5.41, 5.74) is 0.892. The highest BCUT2D eigenvalue weighted by atomic mass is 35.5. The molecule has 2 heterocycles. The Morgan fingerprint density at radius 2 is 1.90 bits per heavy atom. The maximum atomic E-state index is 9.52. The molecule has 2 aliphatic rings. The lowest BCUT2D eigenvalue weighted by molar-refractivity contribution is 0.169. The van der Waals surface area contributed by atoms with Crippen molar-refractivity contribution in [3.63, 3.8) is 0 Å². The normalized spacial score (nSPS) is 20.2. The molecule has 0 aromatic heterocycles. The molecule has 4 nitrogen and oxygen atoms in total. The molecule has 5 heteroatoms. The quantitative estimate of drug-likeness (QED) is 0.840. The Kier molecular flexibility index (Phi) is 4.00. The van der Waals surface area contributed by atoms with E-state index in [1.807, 2.05) is 12.1 Å². The van der Waals surface area contributed by atoms with E-state index in [0.717, 1.165) is 31.5 Å². The first-order chi connectivity index (χ1) is 9.79. The van der Waals surface area contributed by atoms with Crippen LogP contribution in [0.25, 0.3) is 0 Å². The minimum atomic E-state index is -0.261. The van der Waals surface area contributed by atoms with Crippen LogP contribution in [-0.2, 0) is 0 Å². The number of nitriles is 1. The van der Waals surface area contributed by atoms with Gasteiger partial charge in [-0.1, -0.05) is 18.0 Å². The van der Waals surface area contributed by atoms with Crippen molar-refractivity contribution in [3.05, 3.63) is 22.7 Å². The Morgan fingerprint density at radius 1 is 1.15 bits per heavy atom. The Morgan fingerprint density at radius 3 is 2.65 bits per heavy atom. The van der Waals surface area contributed by atoms with Crippen molar-refractivity contribution in [2.24, 2.45) is 0 Å². The van der Waals surface area contributed by atoms with Gasteiger partial charge in [-0.3, -0.25) is 4.90 Å². The first-order valence-corrected chi connectivity index (χ1v) is 7.40. The third kappa shape index (κ3) is 2.56. The van der Waals surface area contributed by atoms with Gasteiger partial charge in [-0.25, -0.2) is 0 Å². The third-order valence-electron chi connectivity index (χ3n) is 3.81. The van der Waals surface area contributed by atoms with Crippen LogP contribution in [0.4, 0.5) is 0 Å². The lowest BCUT2D eigenvalue weighted by atomic mass is 10.0. The maximum absolute atomic E-state index is 9.52. The number of rotatable bonds is 2. The predicted octanol–water partition coefficient (Wildman–Crippen LogP) is 3.16. The largest absolute Gasteiger partial charge is 0.486 e. The van der Waals surface area contributed by atoms with Gasteiger partial charge < -0.3 is 9.47 Å². The highest BCUT2D eigenvalue weighted by Crippen LogP contribution is 2.40. The van der Waals surface area contributed by atoms with Crippen LogP contribution in [0.5, 0.6) is 11.5 Å². The molecule has 1 fully saturated rings. The van der Waals surface area contributed by atoms with Gasteiger partial charge in [-0.05, 0) is 43.6 Å². The van der Waals surface area contributed by atoms with E-state index >= 15 is 0 Å². The summed E-state index contributed by atoms with van der Waals surface area (Å²) in [6, 6.07) is 5.86. The molecule has 20 heavy (non-hydrogen) atoms. The van der Waals surface area contributed by atoms with E-state index in [9.17, 15) is 5.26 Å². The predicted molar refractivity (Wildman–Crippen MR) is 76.2 cm³/mol. The lowest BCUT2D eigenvalue weighted by Gasteiger charge is -2.31. The second kappa shape index (κ2) is 5.90. The van der Waals surface area contributed by atoms with Crippen molar-refractivity contribution in [2.45, 2.75) is 25.3 Å². The maximum Gasteiger partial charge on any atom is 0.179 e. The van der Waals surface area contributed by atoms with Crippen LogP contribution in [0.1, 0.15) is 30.9 Å². The monoisotopic (exact) mass is 292 g/mol. The summed E-state index contributed by atoms with van der Waals surface area (Å²) in [5, 5.41) is 10.0. The fraction of sp³-hybridized carbons (Fsp3) is 0.533. The number of hydrogen-bond donors (Lipinski definition) is 0. The van der Waals surface area contributed by atoms with Crippen LogP contribution >= 0.6 is 11.6 Å². The number of benzene rings is 1. The topological polar surface area (TPSA) is 45.5 Å². The van der Waals surface area contributed by atoms with Crippen LogP contribution in [0.15, 0.2) is 12.1 Å². The molecule has 0 saturated carbocycles. The number of hydrogen-bond acceptors (Lipinski definition) is 4. The first kappa shape index (κ1) is 13.5. The molecular formula is C15H17ClN2O2. The van der Waals surface area contributed by atoms with Crippen molar-refractivity contribution in [2.75, 3.05) is 26.3 Å². The molecule has 1 unspecified atom stereocenters. The zero-order chi connectivity index (χ0) is 13.9.